The van der Waals surface area contributed by atoms with Gasteiger partial charge in [0.15, 0.2) is 0 Å². The van der Waals surface area contributed by atoms with E-state index in [0.717, 1.165) is 5.56 Å². The minimum atomic E-state index is -1.06. The fraction of sp³-hybridized carbons (Fsp3) is 0.417. The number of carboxylic acid groups (broad SMARTS) is 1. The summed E-state index contributed by atoms with van der Waals surface area (Å²) in [5.41, 5.74) is 8.03. The standard InChI is InChI=1S/C12H16N4O2/c1-12(11(17)18,14-7-8-15-16-13)9-10-5-3-2-4-6-10/h2-6,14H,7-9H2,1H3,(H,17,18). The number of nitrogens with zero attached hydrogens (tertiary/aromatic N) is 3. The zero-order valence-electron chi connectivity index (χ0n) is 10.2. The van der Waals surface area contributed by atoms with Crippen molar-refractivity contribution in [3.8, 4) is 0 Å². The third-order valence-corrected chi connectivity index (χ3v) is 2.66. The number of carboxylic acids is 1. The van der Waals surface area contributed by atoms with Crippen LogP contribution in [0.2, 0.25) is 0 Å². The number of hydrogen-bond donors (Lipinski definition) is 2. The molecule has 0 saturated heterocycles. The van der Waals surface area contributed by atoms with Crippen LogP contribution in [0.1, 0.15) is 12.5 Å². The van der Waals surface area contributed by atoms with Gasteiger partial charge in [0.1, 0.15) is 5.54 Å². The normalized spacial score (nSPS) is 13.4. The summed E-state index contributed by atoms with van der Waals surface area (Å²) in [6, 6.07) is 9.40. The van der Waals surface area contributed by atoms with Gasteiger partial charge in [0, 0.05) is 24.4 Å². The zero-order chi connectivity index (χ0) is 13.4. The van der Waals surface area contributed by atoms with E-state index >= 15 is 0 Å². The van der Waals surface area contributed by atoms with Crippen LogP contribution in [0.25, 0.3) is 10.4 Å². The lowest BCUT2D eigenvalue weighted by Gasteiger charge is -2.26. The summed E-state index contributed by atoms with van der Waals surface area (Å²) in [7, 11) is 0. The molecular formula is C12H16N4O2. The average Bonchev–Trinajstić information content (AvgIpc) is 2.36. The number of aliphatic carboxylic acids is 1. The van der Waals surface area contributed by atoms with Gasteiger partial charge in [0.2, 0.25) is 0 Å². The van der Waals surface area contributed by atoms with E-state index in [0.29, 0.717) is 13.0 Å². The molecule has 1 atom stereocenters. The quantitative estimate of drug-likeness (QED) is 0.334. The van der Waals surface area contributed by atoms with Crippen molar-refractivity contribution in [3.63, 3.8) is 0 Å². The summed E-state index contributed by atoms with van der Waals surface area (Å²) < 4.78 is 0. The van der Waals surface area contributed by atoms with E-state index in [-0.39, 0.29) is 6.54 Å². The Balaban J connectivity index is 2.68. The van der Waals surface area contributed by atoms with Crippen LogP contribution in [0.3, 0.4) is 0 Å². The third-order valence-electron chi connectivity index (χ3n) is 2.66. The first kappa shape index (κ1) is 14.0. The summed E-state index contributed by atoms with van der Waals surface area (Å²) in [6.07, 6.45) is 0.374. The molecule has 96 valence electrons. The Morgan fingerprint density at radius 2 is 2.17 bits per heavy atom. The third kappa shape index (κ3) is 4.08. The molecule has 1 rings (SSSR count). The highest BCUT2D eigenvalue weighted by Gasteiger charge is 2.32. The van der Waals surface area contributed by atoms with Gasteiger partial charge < -0.3 is 10.4 Å². The number of nitrogens with one attached hydrogen (secondary N) is 1. The van der Waals surface area contributed by atoms with Crippen LogP contribution in [0.4, 0.5) is 0 Å². The monoisotopic (exact) mass is 248 g/mol. The Kier molecular flexibility index (Phi) is 5.17. The van der Waals surface area contributed by atoms with Crippen LogP contribution in [0.5, 0.6) is 0 Å². The highest BCUT2D eigenvalue weighted by Crippen LogP contribution is 2.13. The lowest BCUT2D eigenvalue weighted by Crippen LogP contribution is -2.52. The van der Waals surface area contributed by atoms with Crippen molar-refractivity contribution in [1.29, 1.82) is 0 Å². The van der Waals surface area contributed by atoms with E-state index in [1.165, 1.54) is 0 Å². The smallest absolute Gasteiger partial charge is 0.323 e. The van der Waals surface area contributed by atoms with Crippen molar-refractivity contribution in [2.45, 2.75) is 18.9 Å². The van der Waals surface area contributed by atoms with Gasteiger partial charge in [-0.2, -0.15) is 0 Å². The number of carbonyl (C=O) groups is 1. The molecule has 0 heterocycles. The SMILES string of the molecule is CC(Cc1ccccc1)(NCCN=[N+]=[N-])C(=O)O. The molecule has 0 aliphatic heterocycles. The van der Waals surface area contributed by atoms with Crippen LogP contribution in [0.15, 0.2) is 35.4 Å². The molecule has 1 unspecified atom stereocenters. The van der Waals surface area contributed by atoms with E-state index in [4.69, 9.17) is 5.53 Å². The highest BCUT2D eigenvalue weighted by molar-refractivity contribution is 5.78. The zero-order valence-corrected chi connectivity index (χ0v) is 10.2. The average molecular weight is 248 g/mol. The van der Waals surface area contributed by atoms with Gasteiger partial charge in [-0.05, 0) is 18.0 Å². The fourth-order valence-corrected chi connectivity index (χ4v) is 1.64. The molecule has 0 bridgehead atoms. The molecule has 1 aromatic rings. The second kappa shape index (κ2) is 6.64. The molecule has 1 aromatic carbocycles. The predicted molar refractivity (Wildman–Crippen MR) is 68.2 cm³/mol. The number of hydrogen-bond acceptors (Lipinski definition) is 3. The maximum absolute atomic E-state index is 11.3. The van der Waals surface area contributed by atoms with Gasteiger partial charge in [-0.3, -0.25) is 4.79 Å². The first-order valence-corrected chi connectivity index (χ1v) is 5.62. The first-order valence-electron chi connectivity index (χ1n) is 5.62. The first-order chi connectivity index (χ1) is 8.58. The molecule has 0 amide bonds. The van der Waals surface area contributed by atoms with Crippen molar-refractivity contribution in [2.75, 3.05) is 13.1 Å². The highest BCUT2D eigenvalue weighted by atomic mass is 16.4. The van der Waals surface area contributed by atoms with Gasteiger partial charge in [-0.15, -0.1) is 0 Å². The van der Waals surface area contributed by atoms with Crippen molar-refractivity contribution in [2.24, 2.45) is 5.11 Å². The largest absolute Gasteiger partial charge is 0.480 e. The summed E-state index contributed by atoms with van der Waals surface area (Å²) in [5.74, 6) is -0.924. The van der Waals surface area contributed by atoms with Gasteiger partial charge in [-0.25, -0.2) is 0 Å². The molecule has 6 heteroatoms. The second-order valence-electron chi connectivity index (χ2n) is 4.18. The van der Waals surface area contributed by atoms with Gasteiger partial charge >= 0.3 is 5.97 Å². The molecule has 6 nitrogen and oxygen atoms in total. The molecular weight excluding hydrogens is 232 g/mol. The number of azide groups is 1. The Bertz CT molecular complexity index is 443. The lowest BCUT2D eigenvalue weighted by molar-refractivity contribution is -0.144. The minimum absolute atomic E-state index is 0.230. The van der Waals surface area contributed by atoms with Gasteiger partial charge in [0.05, 0.1) is 0 Å². The van der Waals surface area contributed by atoms with Crippen LogP contribution in [-0.4, -0.2) is 29.7 Å². The van der Waals surface area contributed by atoms with Crippen molar-refractivity contribution < 1.29 is 9.90 Å². The number of benzene rings is 1. The Hall–Kier alpha value is -2.04. The maximum Gasteiger partial charge on any atom is 0.323 e. The molecule has 0 radical (unpaired) electrons. The molecule has 2 N–H and O–H groups in total. The second-order valence-corrected chi connectivity index (χ2v) is 4.18. The molecule has 0 fully saturated rings. The van der Waals surface area contributed by atoms with E-state index in [1.54, 1.807) is 6.92 Å². The topological polar surface area (TPSA) is 98.1 Å². The predicted octanol–water partition coefficient (Wildman–Crippen LogP) is 1.97. The molecule has 0 aliphatic carbocycles. The van der Waals surface area contributed by atoms with Crippen molar-refractivity contribution in [1.82, 2.24) is 5.32 Å². The van der Waals surface area contributed by atoms with Crippen LogP contribution in [0, 0.1) is 0 Å². The van der Waals surface area contributed by atoms with Gasteiger partial charge in [-0.1, -0.05) is 35.4 Å². The number of rotatable bonds is 7. The molecule has 0 aliphatic rings. The van der Waals surface area contributed by atoms with Crippen molar-refractivity contribution >= 4 is 5.97 Å². The van der Waals surface area contributed by atoms with E-state index < -0.39 is 11.5 Å². The van der Waals surface area contributed by atoms with Crippen LogP contribution >= 0.6 is 0 Å². The Morgan fingerprint density at radius 3 is 2.72 bits per heavy atom. The summed E-state index contributed by atoms with van der Waals surface area (Å²) in [6.45, 7) is 2.19. The van der Waals surface area contributed by atoms with Gasteiger partial charge in [0.25, 0.3) is 0 Å². The lowest BCUT2D eigenvalue weighted by atomic mass is 9.93. The Labute approximate surface area is 105 Å². The molecule has 18 heavy (non-hydrogen) atoms. The van der Waals surface area contributed by atoms with E-state index in [2.05, 4.69) is 15.3 Å². The maximum atomic E-state index is 11.3. The van der Waals surface area contributed by atoms with Crippen molar-refractivity contribution in [3.05, 3.63) is 46.3 Å². The molecule has 0 aromatic heterocycles. The van der Waals surface area contributed by atoms with Crippen LogP contribution in [-0.2, 0) is 11.2 Å². The summed E-state index contributed by atoms with van der Waals surface area (Å²) >= 11 is 0. The minimum Gasteiger partial charge on any atom is -0.480 e. The molecule has 0 spiro atoms. The fourth-order valence-electron chi connectivity index (χ4n) is 1.64. The summed E-state index contributed by atoms with van der Waals surface area (Å²) in [5, 5.41) is 15.6. The van der Waals surface area contributed by atoms with E-state index in [1.807, 2.05) is 30.3 Å². The summed E-state index contributed by atoms with van der Waals surface area (Å²) in [4.78, 5) is 13.9. The molecule has 0 saturated carbocycles. The van der Waals surface area contributed by atoms with E-state index in [9.17, 15) is 9.90 Å². The Morgan fingerprint density at radius 1 is 1.50 bits per heavy atom. The van der Waals surface area contributed by atoms with Crippen LogP contribution < -0.4 is 5.32 Å².